The predicted octanol–water partition coefficient (Wildman–Crippen LogP) is 2.72. The lowest BCUT2D eigenvalue weighted by atomic mass is 9.99. The number of aromatic nitrogens is 2. The molecule has 168 valence electrons. The second kappa shape index (κ2) is 8.97. The smallest absolute Gasteiger partial charge is 0.239 e. The molecular formula is C25H23FN4O3. The topological polar surface area (TPSA) is 84.4 Å². The zero-order chi connectivity index (χ0) is 22.8. The summed E-state index contributed by atoms with van der Waals surface area (Å²) in [6, 6.07) is 12.7. The van der Waals surface area contributed by atoms with Crippen LogP contribution in [0.3, 0.4) is 0 Å². The third-order valence-corrected chi connectivity index (χ3v) is 6.05. The lowest BCUT2D eigenvalue weighted by Crippen LogP contribution is -2.41. The van der Waals surface area contributed by atoms with Gasteiger partial charge in [-0.15, -0.1) is 0 Å². The summed E-state index contributed by atoms with van der Waals surface area (Å²) in [5, 5.41) is 2.86. The molecule has 2 aliphatic heterocycles. The summed E-state index contributed by atoms with van der Waals surface area (Å²) >= 11 is 0. The summed E-state index contributed by atoms with van der Waals surface area (Å²) in [7, 11) is 0. The molecular weight excluding hydrogens is 423 g/mol. The van der Waals surface area contributed by atoms with Gasteiger partial charge in [0.15, 0.2) is 0 Å². The van der Waals surface area contributed by atoms with Crippen LogP contribution in [0.1, 0.15) is 23.5 Å². The van der Waals surface area contributed by atoms with Gasteiger partial charge >= 0.3 is 0 Å². The van der Waals surface area contributed by atoms with Gasteiger partial charge < -0.3 is 15.0 Å². The van der Waals surface area contributed by atoms with Crippen LogP contribution >= 0.6 is 0 Å². The molecule has 1 N–H and O–H groups in total. The molecule has 0 aliphatic carbocycles. The summed E-state index contributed by atoms with van der Waals surface area (Å²) in [4.78, 5) is 34.8. The molecule has 0 unspecified atom stereocenters. The van der Waals surface area contributed by atoms with Crippen LogP contribution < -0.4 is 10.1 Å². The van der Waals surface area contributed by atoms with Crippen molar-refractivity contribution < 1.29 is 18.7 Å². The first-order chi connectivity index (χ1) is 16.1. The lowest BCUT2D eigenvalue weighted by molar-refractivity contribution is -0.133. The Hall–Kier alpha value is -3.81. The molecule has 2 aromatic carbocycles. The van der Waals surface area contributed by atoms with E-state index in [0.717, 1.165) is 11.1 Å². The molecule has 33 heavy (non-hydrogen) atoms. The van der Waals surface area contributed by atoms with E-state index >= 15 is 0 Å². The first-order valence-corrected chi connectivity index (χ1v) is 10.9. The Morgan fingerprint density at radius 2 is 2.03 bits per heavy atom. The normalized spacial score (nSPS) is 19.3. The summed E-state index contributed by atoms with van der Waals surface area (Å²) in [5.74, 6) is 0.0397. The molecule has 3 aromatic rings. The minimum absolute atomic E-state index is 0.0152. The lowest BCUT2D eigenvalue weighted by Gasteiger charge is -2.18. The van der Waals surface area contributed by atoms with E-state index in [4.69, 9.17) is 4.74 Å². The van der Waals surface area contributed by atoms with Crippen LogP contribution in [-0.4, -0.2) is 52.4 Å². The van der Waals surface area contributed by atoms with Gasteiger partial charge in [-0.3, -0.25) is 19.6 Å². The second-order valence-corrected chi connectivity index (χ2v) is 8.37. The van der Waals surface area contributed by atoms with Crippen molar-refractivity contribution in [2.24, 2.45) is 0 Å². The molecule has 2 amide bonds. The molecule has 5 rings (SSSR count). The van der Waals surface area contributed by atoms with Crippen molar-refractivity contribution >= 4 is 11.8 Å². The highest BCUT2D eigenvalue weighted by atomic mass is 19.1. The van der Waals surface area contributed by atoms with E-state index in [1.165, 1.54) is 12.1 Å². The van der Waals surface area contributed by atoms with Crippen molar-refractivity contribution in [1.29, 1.82) is 0 Å². The molecule has 1 fully saturated rings. The van der Waals surface area contributed by atoms with Gasteiger partial charge in [0, 0.05) is 48.8 Å². The highest BCUT2D eigenvalue weighted by molar-refractivity contribution is 5.86. The minimum atomic E-state index is -0.372. The Labute approximate surface area is 190 Å². The average Bonchev–Trinajstić information content (AvgIpc) is 3.41. The largest absolute Gasteiger partial charge is 0.487 e. The summed E-state index contributed by atoms with van der Waals surface area (Å²) in [5.41, 5.74) is 2.91. The van der Waals surface area contributed by atoms with Crippen molar-refractivity contribution in [2.45, 2.75) is 24.9 Å². The van der Waals surface area contributed by atoms with E-state index in [1.807, 2.05) is 30.3 Å². The molecule has 7 nitrogen and oxygen atoms in total. The summed E-state index contributed by atoms with van der Waals surface area (Å²) in [6.07, 6.45) is 5.21. The summed E-state index contributed by atoms with van der Waals surface area (Å²) in [6.45, 7) is 0.808. The molecule has 1 saturated heterocycles. The van der Waals surface area contributed by atoms with E-state index in [1.54, 1.807) is 23.5 Å². The van der Waals surface area contributed by atoms with Gasteiger partial charge in [-0.25, -0.2) is 4.39 Å². The van der Waals surface area contributed by atoms with Crippen LogP contribution in [0.2, 0.25) is 0 Å². The maximum Gasteiger partial charge on any atom is 0.239 e. The number of nitrogens with zero attached hydrogens (tertiary/aromatic N) is 3. The third-order valence-electron chi connectivity index (χ3n) is 6.05. The SMILES string of the molecule is O=C(CN1C[C@H](c2ccccc2)CC1=O)NC[C@@H]1Cc2cc(F)cc(-c3cnccn3)c2O1. The molecule has 2 atom stereocenters. The van der Waals surface area contributed by atoms with Crippen LogP contribution in [0.4, 0.5) is 4.39 Å². The molecule has 1 aromatic heterocycles. The van der Waals surface area contributed by atoms with E-state index in [-0.39, 0.29) is 42.7 Å². The third kappa shape index (κ3) is 4.55. The molecule has 0 spiro atoms. The fraction of sp³-hybridized carbons (Fsp3) is 0.280. The first kappa shape index (κ1) is 21.1. The van der Waals surface area contributed by atoms with Gasteiger partial charge in [0.25, 0.3) is 0 Å². The Morgan fingerprint density at radius 1 is 1.18 bits per heavy atom. The van der Waals surface area contributed by atoms with Crippen LogP contribution in [0, 0.1) is 5.82 Å². The Balaban J connectivity index is 1.18. The van der Waals surface area contributed by atoms with Crippen molar-refractivity contribution in [1.82, 2.24) is 20.2 Å². The van der Waals surface area contributed by atoms with Crippen molar-refractivity contribution in [3.05, 3.63) is 78.0 Å². The number of amides is 2. The fourth-order valence-electron chi connectivity index (χ4n) is 4.47. The Bertz CT molecular complexity index is 1170. The highest BCUT2D eigenvalue weighted by Crippen LogP contribution is 2.38. The number of halogens is 1. The van der Waals surface area contributed by atoms with Gasteiger partial charge in [-0.2, -0.15) is 0 Å². The number of hydrogen-bond donors (Lipinski definition) is 1. The number of carbonyl (C=O) groups excluding carboxylic acids is 2. The van der Waals surface area contributed by atoms with Crippen molar-refractivity contribution in [2.75, 3.05) is 19.6 Å². The number of rotatable bonds is 6. The molecule has 0 saturated carbocycles. The van der Waals surface area contributed by atoms with Crippen LogP contribution in [0.15, 0.2) is 61.1 Å². The molecule has 0 bridgehead atoms. The van der Waals surface area contributed by atoms with E-state index in [9.17, 15) is 14.0 Å². The van der Waals surface area contributed by atoms with Gasteiger partial charge in [0.2, 0.25) is 11.8 Å². The minimum Gasteiger partial charge on any atom is -0.487 e. The predicted molar refractivity (Wildman–Crippen MR) is 119 cm³/mol. The quantitative estimate of drug-likeness (QED) is 0.630. The zero-order valence-corrected chi connectivity index (χ0v) is 17.9. The molecule has 2 aliphatic rings. The number of hydrogen-bond acceptors (Lipinski definition) is 5. The van der Waals surface area contributed by atoms with Gasteiger partial charge in [0.1, 0.15) is 17.7 Å². The number of fused-ring (bicyclic) bond motifs is 1. The maximum atomic E-state index is 14.2. The highest BCUT2D eigenvalue weighted by Gasteiger charge is 2.32. The second-order valence-electron chi connectivity index (χ2n) is 8.37. The number of carbonyl (C=O) groups is 2. The van der Waals surface area contributed by atoms with E-state index < -0.39 is 0 Å². The maximum absolute atomic E-state index is 14.2. The number of nitrogens with one attached hydrogen (secondary N) is 1. The monoisotopic (exact) mass is 446 g/mol. The van der Waals surface area contributed by atoms with Crippen LogP contribution in [0.25, 0.3) is 11.3 Å². The van der Waals surface area contributed by atoms with E-state index in [2.05, 4.69) is 15.3 Å². The summed E-state index contributed by atoms with van der Waals surface area (Å²) < 4.78 is 20.2. The first-order valence-electron chi connectivity index (χ1n) is 10.9. The molecule has 3 heterocycles. The number of likely N-dealkylation sites (tertiary alicyclic amines) is 1. The van der Waals surface area contributed by atoms with Crippen molar-refractivity contribution in [3.8, 4) is 17.0 Å². The average molecular weight is 446 g/mol. The number of benzene rings is 2. The van der Waals surface area contributed by atoms with Crippen LogP contribution in [0.5, 0.6) is 5.75 Å². The Morgan fingerprint density at radius 3 is 2.82 bits per heavy atom. The Kier molecular flexibility index (Phi) is 5.73. The van der Waals surface area contributed by atoms with E-state index in [0.29, 0.717) is 36.4 Å². The zero-order valence-electron chi connectivity index (χ0n) is 17.9. The van der Waals surface area contributed by atoms with Gasteiger partial charge in [-0.05, 0) is 17.7 Å². The standard InChI is InChI=1S/C25H23FN4O3/c26-19-8-17-9-20(33-25(17)21(11-19)22-13-27-6-7-28-22)12-29-23(31)15-30-14-18(10-24(30)32)16-4-2-1-3-5-16/h1-8,11,13,18,20H,9-10,12,14-15H2,(H,29,31)/t18-,20+/m1/s1. The number of ether oxygens (including phenoxy) is 1. The van der Waals surface area contributed by atoms with Crippen LogP contribution in [-0.2, 0) is 16.0 Å². The fourth-order valence-corrected chi connectivity index (χ4v) is 4.47. The van der Waals surface area contributed by atoms with Gasteiger partial charge in [-0.1, -0.05) is 30.3 Å². The van der Waals surface area contributed by atoms with Gasteiger partial charge in [0.05, 0.1) is 25.0 Å². The molecule has 8 heteroatoms. The van der Waals surface area contributed by atoms with Crippen molar-refractivity contribution in [3.63, 3.8) is 0 Å². The molecule has 0 radical (unpaired) electrons.